The van der Waals surface area contributed by atoms with Crippen molar-refractivity contribution in [2.75, 3.05) is 7.11 Å². The molecule has 0 saturated carbocycles. The first-order valence-electron chi connectivity index (χ1n) is 6.37. The van der Waals surface area contributed by atoms with E-state index >= 15 is 0 Å². The van der Waals surface area contributed by atoms with Crippen molar-refractivity contribution in [1.82, 2.24) is 0 Å². The summed E-state index contributed by atoms with van der Waals surface area (Å²) in [4.78, 5) is 0. The van der Waals surface area contributed by atoms with Crippen LogP contribution < -0.4 is 9.47 Å². The summed E-state index contributed by atoms with van der Waals surface area (Å²) in [5, 5.41) is 1.41. The maximum atomic E-state index is 6.18. The fourth-order valence-corrected chi connectivity index (χ4v) is 2.73. The number of hydrogen-bond donors (Lipinski definition) is 0. The summed E-state index contributed by atoms with van der Waals surface area (Å²) >= 11 is 9.57. The molecule has 0 radical (unpaired) electrons. The third kappa shape index (κ3) is 3.47. The second kappa shape index (κ2) is 7.00. The molecule has 2 aromatic rings. The second-order valence-corrected chi connectivity index (χ2v) is 5.30. The number of hydrogen-bond acceptors (Lipinski definition) is 2. The summed E-state index contributed by atoms with van der Waals surface area (Å²) < 4.78 is 11.2. The predicted molar refractivity (Wildman–Crippen MR) is 86.5 cm³/mol. The van der Waals surface area contributed by atoms with Gasteiger partial charge in [-0.15, -0.1) is 0 Å². The van der Waals surface area contributed by atoms with Crippen LogP contribution in [0.5, 0.6) is 17.2 Å². The maximum Gasteiger partial charge on any atom is 0.169 e. The molecule has 20 heavy (non-hydrogen) atoms. The molecule has 0 N–H and O–H groups in total. The van der Waals surface area contributed by atoms with Crippen LogP contribution in [-0.4, -0.2) is 7.11 Å². The highest BCUT2D eigenvalue weighted by Gasteiger charge is 2.08. The lowest BCUT2D eigenvalue weighted by atomic mass is 10.1. The quantitative estimate of drug-likeness (QED) is 0.650. The summed E-state index contributed by atoms with van der Waals surface area (Å²) in [6.45, 7) is 2.11. The van der Waals surface area contributed by atoms with Crippen LogP contribution in [0.1, 0.15) is 18.1 Å². The van der Waals surface area contributed by atoms with E-state index in [9.17, 15) is 0 Å². The van der Waals surface area contributed by atoms with Crippen LogP contribution in [0.4, 0.5) is 0 Å². The highest BCUT2D eigenvalue weighted by Crippen LogP contribution is 2.34. The van der Waals surface area contributed by atoms with Gasteiger partial charge in [-0.05, 0) is 41.8 Å². The molecule has 2 rings (SSSR count). The smallest absolute Gasteiger partial charge is 0.169 e. The van der Waals surface area contributed by atoms with Crippen LogP contribution >= 0.6 is 27.5 Å². The van der Waals surface area contributed by atoms with Crippen LogP contribution in [0.3, 0.4) is 0 Å². The lowest BCUT2D eigenvalue weighted by Crippen LogP contribution is -1.92. The van der Waals surface area contributed by atoms with Crippen LogP contribution in [0, 0.1) is 0 Å². The van der Waals surface area contributed by atoms with Crippen LogP contribution in [0.15, 0.2) is 36.4 Å². The van der Waals surface area contributed by atoms with Gasteiger partial charge >= 0.3 is 0 Å². The highest BCUT2D eigenvalue weighted by molar-refractivity contribution is 9.08. The largest absolute Gasteiger partial charge is 0.493 e. The normalized spacial score (nSPS) is 10.4. The zero-order chi connectivity index (χ0) is 14.5. The van der Waals surface area contributed by atoms with Gasteiger partial charge in [-0.1, -0.05) is 46.6 Å². The van der Waals surface area contributed by atoms with Crippen molar-refractivity contribution in [3.05, 3.63) is 52.5 Å². The van der Waals surface area contributed by atoms with Crippen LogP contribution in [0.25, 0.3) is 0 Å². The Morgan fingerprint density at radius 1 is 1.10 bits per heavy atom. The molecule has 0 spiro atoms. The van der Waals surface area contributed by atoms with E-state index in [4.69, 9.17) is 21.1 Å². The van der Waals surface area contributed by atoms with E-state index in [-0.39, 0.29) is 0 Å². The molecule has 2 aromatic carbocycles. The summed E-state index contributed by atoms with van der Waals surface area (Å²) in [7, 11) is 1.64. The van der Waals surface area contributed by atoms with Gasteiger partial charge in [0.15, 0.2) is 11.5 Å². The molecule has 4 heteroatoms. The first-order chi connectivity index (χ1) is 9.67. The number of benzene rings is 2. The lowest BCUT2D eigenvalue weighted by molar-refractivity contribution is 0.378. The molecule has 0 aliphatic rings. The van der Waals surface area contributed by atoms with Gasteiger partial charge in [-0.2, -0.15) is 0 Å². The number of aryl methyl sites for hydroxylation is 1. The van der Waals surface area contributed by atoms with Crippen molar-refractivity contribution in [3.63, 3.8) is 0 Å². The minimum absolute atomic E-state index is 0.684. The highest BCUT2D eigenvalue weighted by atomic mass is 79.9. The summed E-state index contributed by atoms with van der Waals surface area (Å²) in [5.74, 6) is 2.11. The Labute approximate surface area is 132 Å². The topological polar surface area (TPSA) is 18.5 Å². The fraction of sp³-hybridized carbons (Fsp3) is 0.250. The van der Waals surface area contributed by atoms with Crippen LogP contribution in [-0.2, 0) is 11.8 Å². The number of rotatable bonds is 5. The van der Waals surface area contributed by atoms with Gasteiger partial charge in [0.05, 0.1) is 7.11 Å². The van der Waals surface area contributed by atoms with E-state index in [1.54, 1.807) is 7.11 Å². The number of halogens is 2. The Balaban J connectivity index is 2.27. The molecule has 0 fully saturated rings. The molecular weight excluding hydrogens is 340 g/mol. The average molecular weight is 356 g/mol. The van der Waals surface area contributed by atoms with Gasteiger partial charge in [0.1, 0.15) is 5.75 Å². The summed E-state index contributed by atoms with van der Waals surface area (Å²) in [6, 6.07) is 11.6. The van der Waals surface area contributed by atoms with Crippen molar-refractivity contribution >= 4 is 27.5 Å². The third-order valence-electron chi connectivity index (χ3n) is 3.03. The van der Waals surface area contributed by atoms with Crippen molar-refractivity contribution in [2.45, 2.75) is 18.7 Å². The molecule has 2 nitrogen and oxygen atoms in total. The Bertz CT molecular complexity index is 599. The first kappa shape index (κ1) is 15.2. The van der Waals surface area contributed by atoms with Crippen molar-refractivity contribution < 1.29 is 9.47 Å². The zero-order valence-electron chi connectivity index (χ0n) is 11.5. The van der Waals surface area contributed by atoms with Gasteiger partial charge in [-0.25, -0.2) is 0 Å². The van der Waals surface area contributed by atoms with E-state index < -0.39 is 0 Å². The monoisotopic (exact) mass is 354 g/mol. The number of methoxy groups -OCH3 is 1. The SMILES string of the molecule is CCc1ccc(Oc2ccc(CBr)c(Cl)c2)c(OC)c1. The summed E-state index contributed by atoms with van der Waals surface area (Å²) in [5.41, 5.74) is 2.24. The molecule has 0 heterocycles. The second-order valence-electron chi connectivity index (χ2n) is 4.33. The number of alkyl halides is 1. The van der Waals surface area contributed by atoms with E-state index in [1.807, 2.05) is 36.4 Å². The standard InChI is InChI=1S/C16H16BrClO2/c1-3-11-4-7-15(16(8-11)19-2)20-13-6-5-12(10-17)14(18)9-13/h4-9H,3,10H2,1-2H3. The summed E-state index contributed by atoms with van der Waals surface area (Å²) in [6.07, 6.45) is 0.961. The molecular formula is C16H16BrClO2. The Kier molecular flexibility index (Phi) is 5.32. The van der Waals surface area contributed by atoms with E-state index in [0.29, 0.717) is 16.5 Å². The molecule has 0 amide bonds. The van der Waals surface area contributed by atoms with Crippen molar-refractivity contribution in [2.24, 2.45) is 0 Å². The molecule has 106 valence electrons. The molecule has 0 saturated heterocycles. The number of ether oxygens (including phenoxy) is 2. The van der Waals surface area contributed by atoms with Crippen LogP contribution in [0.2, 0.25) is 5.02 Å². The predicted octanol–water partition coefficient (Wildman–Crippen LogP) is 5.60. The third-order valence-corrected chi connectivity index (χ3v) is 3.99. The van der Waals surface area contributed by atoms with Crippen molar-refractivity contribution in [1.29, 1.82) is 0 Å². The van der Waals surface area contributed by atoms with Gasteiger partial charge in [0.2, 0.25) is 0 Å². The van der Waals surface area contributed by atoms with Gasteiger partial charge < -0.3 is 9.47 Å². The van der Waals surface area contributed by atoms with Gasteiger partial charge in [0.25, 0.3) is 0 Å². The Morgan fingerprint density at radius 3 is 2.50 bits per heavy atom. The molecule has 0 bridgehead atoms. The lowest BCUT2D eigenvalue weighted by Gasteiger charge is -2.12. The molecule has 0 aliphatic heterocycles. The average Bonchev–Trinajstić information content (AvgIpc) is 2.48. The van der Waals surface area contributed by atoms with Gasteiger partial charge in [-0.3, -0.25) is 0 Å². The molecule has 0 aliphatic carbocycles. The van der Waals surface area contributed by atoms with Crippen molar-refractivity contribution in [3.8, 4) is 17.2 Å². The fourth-order valence-electron chi connectivity index (χ4n) is 1.84. The van der Waals surface area contributed by atoms with E-state index in [2.05, 4.69) is 22.9 Å². The Morgan fingerprint density at radius 2 is 1.90 bits per heavy atom. The first-order valence-corrected chi connectivity index (χ1v) is 7.87. The minimum atomic E-state index is 0.684. The zero-order valence-corrected chi connectivity index (χ0v) is 13.8. The molecule has 0 atom stereocenters. The molecule has 0 aromatic heterocycles. The maximum absolute atomic E-state index is 6.18. The van der Waals surface area contributed by atoms with Gasteiger partial charge in [0, 0.05) is 10.4 Å². The van der Waals surface area contributed by atoms with E-state index in [0.717, 1.165) is 23.1 Å². The Hall–Kier alpha value is -1.19. The van der Waals surface area contributed by atoms with E-state index in [1.165, 1.54) is 5.56 Å². The molecule has 0 unspecified atom stereocenters. The minimum Gasteiger partial charge on any atom is -0.493 e.